The Morgan fingerprint density at radius 3 is 2.47 bits per heavy atom. The van der Waals surface area contributed by atoms with Crippen LogP contribution >= 0.6 is 0 Å². The van der Waals surface area contributed by atoms with E-state index in [2.05, 4.69) is 39.8 Å². The van der Waals surface area contributed by atoms with Crippen molar-refractivity contribution >= 4 is 23.9 Å². The first-order valence-corrected chi connectivity index (χ1v) is 6.58. The summed E-state index contributed by atoms with van der Waals surface area (Å²) in [6, 6.07) is 5.99. The standard InChI is InChI=1S/C15H21BNO2/c1-10-12-8-7-11(9-13(12)18-17-10)16-19-15(5,6)14(2,3)4/h7-9H,1-6H3. The first-order valence-electron chi connectivity index (χ1n) is 6.58. The molecule has 0 saturated heterocycles. The van der Waals surface area contributed by atoms with Gasteiger partial charge in [-0.3, -0.25) is 0 Å². The molecule has 0 unspecified atom stereocenters. The quantitative estimate of drug-likeness (QED) is 0.793. The van der Waals surface area contributed by atoms with Crippen LogP contribution in [0, 0.1) is 12.3 Å². The molecule has 1 radical (unpaired) electrons. The van der Waals surface area contributed by atoms with Crippen molar-refractivity contribution in [3.05, 3.63) is 23.9 Å². The average molecular weight is 258 g/mol. The Hall–Kier alpha value is -1.29. The minimum Gasteiger partial charge on any atom is -0.429 e. The van der Waals surface area contributed by atoms with Gasteiger partial charge in [0.15, 0.2) is 5.58 Å². The van der Waals surface area contributed by atoms with Crippen LogP contribution in [0.1, 0.15) is 40.3 Å². The summed E-state index contributed by atoms with van der Waals surface area (Å²) in [5, 5.41) is 5.00. The van der Waals surface area contributed by atoms with Gasteiger partial charge in [-0.25, -0.2) is 0 Å². The third-order valence-electron chi connectivity index (χ3n) is 3.97. The number of hydrogen-bond acceptors (Lipinski definition) is 3. The summed E-state index contributed by atoms with van der Waals surface area (Å²) in [5.74, 6) is 0. The molecule has 101 valence electrons. The number of nitrogens with zero attached hydrogens (tertiary/aromatic N) is 1. The van der Waals surface area contributed by atoms with Crippen molar-refractivity contribution in [2.75, 3.05) is 0 Å². The third kappa shape index (κ3) is 2.84. The molecule has 1 aromatic heterocycles. The first kappa shape index (κ1) is 14.1. The van der Waals surface area contributed by atoms with Gasteiger partial charge in [0.25, 0.3) is 0 Å². The van der Waals surface area contributed by atoms with E-state index in [1.807, 2.05) is 25.1 Å². The van der Waals surface area contributed by atoms with Crippen molar-refractivity contribution in [3.63, 3.8) is 0 Å². The summed E-state index contributed by atoms with van der Waals surface area (Å²) in [7, 11) is 1.79. The van der Waals surface area contributed by atoms with Gasteiger partial charge in [0.05, 0.1) is 11.3 Å². The number of hydrogen-bond donors (Lipinski definition) is 0. The van der Waals surface area contributed by atoms with Gasteiger partial charge in [0.1, 0.15) is 0 Å². The van der Waals surface area contributed by atoms with E-state index in [0.29, 0.717) is 0 Å². The van der Waals surface area contributed by atoms with Crippen molar-refractivity contribution in [3.8, 4) is 0 Å². The summed E-state index contributed by atoms with van der Waals surface area (Å²) in [5.41, 5.74) is 2.53. The fourth-order valence-corrected chi connectivity index (χ4v) is 1.55. The molecule has 0 aliphatic heterocycles. The molecule has 4 heteroatoms. The van der Waals surface area contributed by atoms with Gasteiger partial charge in [-0.1, -0.05) is 32.0 Å². The van der Waals surface area contributed by atoms with E-state index < -0.39 is 0 Å². The van der Waals surface area contributed by atoms with Crippen molar-refractivity contribution in [2.24, 2.45) is 5.41 Å². The topological polar surface area (TPSA) is 35.3 Å². The van der Waals surface area contributed by atoms with Crippen LogP contribution in [-0.2, 0) is 4.65 Å². The van der Waals surface area contributed by atoms with Crippen LogP contribution in [0.3, 0.4) is 0 Å². The molecule has 0 aliphatic carbocycles. The Kier molecular flexibility index (Phi) is 3.48. The average Bonchev–Trinajstić information content (AvgIpc) is 2.67. The van der Waals surface area contributed by atoms with E-state index in [4.69, 9.17) is 9.18 Å². The molecule has 2 rings (SSSR count). The minimum absolute atomic E-state index is 0.0659. The van der Waals surface area contributed by atoms with Gasteiger partial charge >= 0.3 is 7.48 Å². The van der Waals surface area contributed by atoms with Crippen molar-refractivity contribution in [1.82, 2.24) is 5.16 Å². The number of rotatable bonds is 3. The third-order valence-corrected chi connectivity index (χ3v) is 3.97. The normalized spacial score (nSPS) is 12.9. The smallest absolute Gasteiger partial charge is 0.330 e. The summed E-state index contributed by atoms with van der Waals surface area (Å²) in [6.45, 7) is 12.6. The Morgan fingerprint density at radius 2 is 1.84 bits per heavy atom. The van der Waals surface area contributed by atoms with Crippen LogP contribution in [0.15, 0.2) is 22.7 Å². The Bertz CT molecular complexity index is 581. The van der Waals surface area contributed by atoms with Crippen LogP contribution in [0.25, 0.3) is 11.0 Å². The molecule has 0 bridgehead atoms. The molecule has 0 spiro atoms. The second-order valence-corrected chi connectivity index (χ2v) is 6.52. The van der Waals surface area contributed by atoms with Crippen molar-refractivity contribution in [1.29, 1.82) is 0 Å². The lowest BCUT2D eigenvalue weighted by atomic mass is 9.76. The first-order chi connectivity index (χ1) is 8.71. The molecule has 1 aromatic carbocycles. The molecule has 0 fully saturated rings. The van der Waals surface area contributed by atoms with Crippen LogP contribution in [0.4, 0.5) is 0 Å². The van der Waals surface area contributed by atoms with Crippen molar-refractivity contribution < 1.29 is 9.18 Å². The van der Waals surface area contributed by atoms with Crippen LogP contribution in [0.5, 0.6) is 0 Å². The number of benzene rings is 1. The van der Waals surface area contributed by atoms with E-state index >= 15 is 0 Å². The second kappa shape index (κ2) is 4.67. The molecular formula is C15H21BNO2. The maximum absolute atomic E-state index is 5.95. The highest BCUT2D eigenvalue weighted by molar-refractivity contribution is 6.47. The van der Waals surface area contributed by atoms with Crippen LogP contribution in [-0.4, -0.2) is 18.2 Å². The SMILES string of the molecule is Cc1noc2cc([B]OC(C)(C)C(C)(C)C)ccc12. The maximum atomic E-state index is 5.95. The molecule has 19 heavy (non-hydrogen) atoms. The lowest BCUT2D eigenvalue weighted by Crippen LogP contribution is -2.42. The predicted molar refractivity (Wildman–Crippen MR) is 78.8 cm³/mol. The maximum Gasteiger partial charge on any atom is 0.330 e. The largest absolute Gasteiger partial charge is 0.429 e. The lowest BCUT2D eigenvalue weighted by molar-refractivity contribution is 0.00504. The molecular weight excluding hydrogens is 237 g/mol. The predicted octanol–water partition coefficient (Wildman–Crippen LogP) is 3.22. The molecule has 0 amide bonds. The van der Waals surface area contributed by atoms with Crippen molar-refractivity contribution in [2.45, 2.75) is 47.1 Å². The monoisotopic (exact) mass is 258 g/mol. The van der Waals surface area contributed by atoms with Crippen LogP contribution < -0.4 is 5.46 Å². The Balaban J connectivity index is 2.14. The summed E-state index contributed by atoms with van der Waals surface area (Å²) in [4.78, 5) is 0. The zero-order chi connectivity index (χ0) is 14.3. The Morgan fingerprint density at radius 1 is 1.16 bits per heavy atom. The fraction of sp³-hybridized carbons (Fsp3) is 0.533. The second-order valence-electron chi connectivity index (χ2n) is 6.52. The van der Waals surface area contributed by atoms with E-state index in [1.165, 1.54) is 0 Å². The van der Waals surface area contributed by atoms with E-state index in [0.717, 1.165) is 22.1 Å². The number of fused-ring (bicyclic) bond motifs is 1. The minimum atomic E-state index is -0.237. The van der Waals surface area contributed by atoms with E-state index in [1.54, 1.807) is 7.48 Å². The molecule has 1 heterocycles. The van der Waals surface area contributed by atoms with Gasteiger partial charge in [-0.2, -0.15) is 0 Å². The van der Waals surface area contributed by atoms with Gasteiger partial charge in [0, 0.05) is 5.39 Å². The summed E-state index contributed by atoms with van der Waals surface area (Å²) >= 11 is 0. The zero-order valence-corrected chi connectivity index (χ0v) is 12.6. The fourth-order valence-electron chi connectivity index (χ4n) is 1.55. The molecule has 0 aliphatic rings. The van der Waals surface area contributed by atoms with Gasteiger partial charge in [-0.15, -0.1) is 0 Å². The lowest BCUT2D eigenvalue weighted by Gasteiger charge is -2.39. The highest BCUT2D eigenvalue weighted by Crippen LogP contribution is 2.32. The highest BCUT2D eigenvalue weighted by Gasteiger charge is 2.33. The zero-order valence-electron chi connectivity index (χ0n) is 12.6. The van der Waals surface area contributed by atoms with E-state index in [9.17, 15) is 0 Å². The number of aryl methyl sites for hydroxylation is 1. The highest BCUT2D eigenvalue weighted by atomic mass is 16.5. The van der Waals surface area contributed by atoms with Gasteiger partial charge < -0.3 is 9.18 Å². The summed E-state index contributed by atoms with van der Waals surface area (Å²) in [6.07, 6.45) is 0. The molecule has 2 aromatic rings. The molecule has 0 atom stereocenters. The molecule has 0 N–H and O–H groups in total. The molecule has 0 saturated carbocycles. The van der Waals surface area contributed by atoms with Gasteiger partial charge in [0.2, 0.25) is 0 Å². The summed E-state index contributed by atoms with van der Waals surface area (Å²) < 4.78 is 11.2. The van der Waals surface area contributed by atoms with E-state index in [-0.39, 0.29) is 11.0 Å². The van der Waals surface area contributed by atoms with Crippen LogP contribution in [0.2, 0.25) is 0 Å². The Labute approximate surface area is 115 Å². The van der Waals surface area contributed by atoms with Gasteiger partial charge in [-0.05, 0) is 43.8 Å². The number of aromatic nitrogens is 1. The molecule has 3 nitrogen and oxygen atoms in total.